The lowest BCUT2D eigenvalue weighted by Crippen LogP contribution is -2.10. The van der Waals surface area contributed by atoms with E-state index in [0.29, 0.717) is 13.1 Å². The number of benzene rings is 4. The maximum atomic E-state index is 5.82. The van der Waals surface area contributed by atoms with E-state index < -0.39 is 0 Å². The molecule has 4 heteroatoms. The van der Waals surface area contributed by atoms with Crippen LogP contribution < -0.4 is 22.1 Å². The van der Waals surface area contributed by atoms with Crippen molar-refractivity contribution in [3.8, 4) is 11.1 Å². The highest BCUT2D eigenvalue weighted by Crippen LogP contribution is 2.35. The van der Waals surface area contributed by atoms with E-state index >= 15 is 0 Å². The molecule has 0 fully saturated rings. The zero-order valence-corrected chi connectivity index (χ0v) is 16.8. The Kier molecular flexibility index (Phi) is 5.80. The number of anilines is 4. The van der Waals surface area contributed by atoms with Crippen molar-refractivity contribution in [3.63, 3.8) is 0 Å². The van der Waals surface area contributed by atoms with Crippen molar-refractivity contribution >= 4 is 22.7 Å². The van der Waals surface area contributed by atoms with Gasteiger partial charge in [-0.3, -0.25) is 0 Å². The fraction of sp³-hybridized carbons (Fsp3) is 0.0769. The van der Waals surface area contributed by atoms with Crippen LogP contribution in [0.2, 0.25) is 0 Å². The third kappa shape index (κ3) is 4.20. The van der Waals surface area contributed by atoms with Gasteiger partial charge in [0, 0.05) is 35.8 Å². The van der Waals surface area contributed by atoms with Crippen molar-refractivity contribution in [2.24, 2.45) is 11.5 Å². The van der Waals surface area contributed by atoms with Crippen molar-refractivity contribution in [2.75, 3.05) is 10.6 Å². The molecule has 4 aromatic carbocycles. The minimum absolute atomic E-state index is 0.530. The first-order chi connectivity index (χ1) is 14.7. The molecule has 0 spiro atoms. The first-order valence-corrected chi connectivity index (χ1v) is 10.0. The highest BCUT2D eigenvalue weighted by molar-refractivity contribution is 5.78. The second-order valence-corrected chi connectivity index (χ2v) is 7.25. The van der Waals surface area contributed by atoms with E-state index in [1.807, 2.05) is 24.3 Å². The Balaban J connectivity index is 1.73. The quantitative estimate of drug-likeness (QED) is 0.386. The lowest BCUT2D eigenvalue weighted by atomic mass is 10.0. The molecule has 0 bridgehead atoms. The fourth-order valence-corrected chi connectivity index (χ4v) is 3.49. The van der Waals surface area contributed by atoms with Gasteiger partial charge in [0.05, 0.1) is 0 Å². The minimum Gasteiger partial charge on any atom is -0.399 e. The molecule has 6 N–H and O–H groups in total. The average molecular weight is 395 g/mol. The molecule has 0 heterocycles. The van der Waals surface area contributed by atoms with Gasteiger partial charge in [0.15, 0.2) is 0 Å². The second-order valence-electron chi connectivity index (χ2n) is 7.25. The van der Waals surface area contributed by atoms with E-state index in [1.54, 1.807) is 0 Å². The van der Waals surface area contributed by atoms with Crippen LogP contribution in [-0.2, 0) is 13.1 Å². The summed E-state index contributed by atoms with van der Waals surface area (Å²) in [5.41, 5.74) is 25.9. The van der Waals surface area contributed by atoms with Crippen LogP contribution in [0.4, 0.5) is 22.7 Å². The summed E-state index contributed by atoms with van der Waals surface area (Å²) in [4.78, 5) is 2.23. The van der Waals surface area contributed by atoms with Crippen LogP contribution >= 0.6 is 0 Å². The lowest BCUT2D eigenvalue weighted by Gasteiger charge is -2.26. The SMILES string of the molecule is NCc1ccc(N(c2ccc(CN)cc2)c2ccc(-c3ccc(N)cc3)cc2)cc1. The Labute approximate surface area is 177 Å². The third-order valence-electron chi connectivity index (χ3n) is 5.23. The van der Waals surface area contributed by atoms with Gasteiger partial charge >= 0.3 is 0 Å². The van der Waals surface area contributed by atoms with Gasteiger partial charge in [-0.15, -0.1) is 0 Å². The first-order valence-electron chi connectivity index (χ1n) is 10.0. The molecule has 4 rings (SSSR count). The maximum absolute atomic E-state index is 5.82. The molecular weight excluding hydrogens is 368 g/mol. The van der Waals surface area contributed by atoms with E-state index in [1.165, 1.54) is 0 Å². The summed E-state index contributed by atoms with van der Waals surface area (Å²) < 4.78 is 0. The monoisotopic (exact) mass is 394 g/mol. The number of nitrogens with two attached hydrogens (primary N) is 3. The number of hydrogen-bond acceptors (Lipinski definition) is 4. The second kappa shape index (κ2) is 8.82. The molecule has 150 valence electrons. The normalized spacial score (nSPS) is 10.7. The molecule has 0 amide bonds. The molecule has 0 saturated carbocycles. The lowest BCUT2D eigenvalue weighted by molar-refractivity contribution is 1.07. The van der Waals surface area contributed by atoms with Gasteiger partial charge in [0.1, 0.15) is 0 Å². The van der Waals surface area contributed by atoms with E-state index in [0.717, 1.165) is 45.0 Å². The van der Waals surface area contributed by atoms with Crippen LogP contribution in [0.25, 0.3) is 11.1 Å². The minimum atomic E-state index is 0.530. The van der Waals surface area contributed by atoms with Crippen LogP contribution in [0.15, 0.2) is 97.1 Å². The highest BCUT2D eigenvalue weighted by atomic mass is 15.1. The van der Waals surface area contributed by atoms with Gasteiger partial charge in [0.2, 0.25) is 0 Å². The highest BCUT2D eigenvalue weighted by Gasteiger charge is 2.13. The summed E-state index contributed by atoms with van der Waals surface area (Å²) in [5, 5.41) is 0. The van der Waals surface area contributed by atoms with Gasteiger partial charge in [-0.2, -0.15) is 0 Å². The van der Waals surface area contributed by atoms with Crippen molar-refractivity contribution in [2.45, 2.75) is 13.1 Å². The largest absolute Gasteiger partial charge is 0.399 e. The average Bonchev–Trinajstić information content (AvgIpc) is 2.81. The Bertz CT molecular complexity index is 1040. The molecular formula is C26H26N4. The summed E-state index contributed by atoms with van der Waals surface area (Å²) in [6, 6.07) is 33.2. The van der Waals surface area contributed by atoms with Gasteiger partial charge in [-0.1, -0.05) is 48.5 Å². The van der Waals surface area contributed by atoms with Crippen LogP contribution in [0.5, 0.6) is 0 Å². The van der Waals surface area contributed by atoms with Crippen molar-refractivity contribution in [1.82, 2.24) is 0 Å². The van der Waals surface area contributed by atoms with Crippen LogP contribution in [0, 0.1) is 0 Å². The summed E-state index contributed by atoms with van der Waals surface area (Å²) in [6.07, 6.45) is 0. The van der Waals surface area contributed by atoms with Gasteiger partial charge < -0.3 is 22.1 Å². The zero-order valence-electron chi connectivity index (χ0n) is 16.8. The van der Waals surface area contributed by atoms with Crippen molar-refractivity contribution in [1.29, 1.82) is 0 Å². The van der Waals surface area contributed by atoms with E-state index in [4.69, 9.17) is 17.2 Å². The third-order valence-corrected chi connectivity index (χ3v) is 5.23. The summed E-state index contributed by atoms with van der Waals surface area (Å²) in [7, 11) is 0. The molecule has 0 aliphatic rings. The van der Waals surface area contributed by atoms with Crippen molar-refractivity contribution in [3.05, 3.63) is 108 Å². The Morgan fingerprint density at radius 2 is 0.800 bits per heavy atom. The number of nitrogen functional groups attached to an aromatic ring is 1. The molecule has 4 aromatic rings. The number of nitrogens with zero attached hydrogens (tertiary/aromatic N) is 1. The molecule has 30 heavy (non-hydrogen) atoms. The Morgan fingerprint density at radius 1 is 0.467 bits per heavy atom. The zero-order chi connectivity index (χ0) is 20.9. The Hall–Kier alpha value is -3.60. The van der Waals surface area contributed by atoms with Crippen LogP contribution in [0.1, 0.15) is 11.1 Å². The molecule has 0 atom stereocenters. The van der Waals surface area contributed by atoms with E-state index in [-0.39, 0.29) is 0 Å². The smallest absolute Gasteiger partial charge is 0.0462 e. The first kappa shape index (κ1) is 19.7. The van der Waals surface area contributed by atoms with E-state index in [9.17, 15) is 0 Å². The molecule has 0 radical (unpaired) electrons. The van der Waals surface area contributed by atoms with Gasteiger partial charge in [0.25, 0.3) is 0 Å². The van der Waals surface area contributed by atoms with Crippen LogP contribution in [0.3, 0.4) is 0 Å². The predicted molar refractivity (Wildman–Crippen MR) is 127 cm³/mol. The standard InChI is InChI=1S/C26H26N4/c27-17-19-1-11-24(12-2-19)30(25-13-3-20(18-28)4-14-25)26-15-7-22(8-16-26)21-5-9-23(29)10-6-21/h1-16H,17-18,27-29H2. The Morgan fingerprint density at radius 3 is 1.17 bits per heavy atom. The molecule has 4 nitrogen and oxygen atoms in total. The fourth-order valence-electron chi connectivity index (χ4n) is 3.49. The summed E-state index contributed by atoms with van der Waals surface area (Å²) >= 11 is 0. The molecule has 0 aliphatic carbocycles. The van der Waals surface area contributed by atoms with Crippen molar-refractivity contribution < 1.29 is 0 Å². The summed E-state index contributed by atoms with van der Waals surface area (Å²) in [6.45, 7) is 1.06. The number of rotatable bonds is 6. The molecule has 0 aliphatic heterocycles. The van der Waals surface area contributed by atoms with E-state index in [2.05, 4.69) is 77.7 Å². The predicted octanol–water partition coefficient (Wildman–Crippen LogP) is 5.32. The number of hydrogen-bond donors (Lipinski definition) is 3. The summed E-state index contributed by atoms with van der Waals surface area (Å²) in [5.74, 6) is 0. The van der Waals surface area contributed by atoms with Gasteiger partial charge in [-0.05, 0) is 70.8 Å². The van der Waals surface area contributed by atoms with Crippen LogP contribution in [-0.4, -0.2) is 0 Å². The maximum Gasteiger partial charge on any atom is 0.0462 e. The molecule has 0 saturated heterocycles. The molecule has 0 unspecified atom stereocenters. The molecule has 0 aromatic heterocycles. The topological polar surface area (TPSA) is 81.3 Å². The van der Waals surface area contributed by atoms with Gasteiger partial charge in [-0.25, -0.2) is 0 Å².